The fourth-order valence-corrected chi connectivity index (χ4v) is 1.73. The maximum Gasteiger partial charge on any atom is 0.227 e. The van der Waals surface area contributed by atoms with Gasteiger partial charge in [-0.15, -0.1) is 0 Å². The first-order valence-electron chi connectivity index (χ1n) is 5.68. The summed E-state index contributed by atoms with van der Waals surface area (Å²) in [5.41, 5.74) is 7.50. The number of likely N-dealkylation sites (N-methyl/N-ethyl adjacent to an activating group) is 1. The number of nitrogen functional groups attached to an aromatic ring is 1. The summed E-state index contributed by atoms with van der Waals surface area (Å²) in [5.74, 6) is 0.587. The molecular formula is C13H13ClN4O. The number of hydrogen-bond donors (Lipinski definition) is 2. The minimum atomic E-state index is -0.154. The van der Waals surface area contributed by atoms with E-state index >= 15 is 0 Å². The van der Waals surface area contributed by atoms with Gasteiger partial charge < -0.3 is 11.1 Å². The van der Waals surface area contributed by atoms with E-state index in [-0.39, 0.29) is 12.3 Å². The Morgan fingerprint density at radius 2 is 2.05 bits per heavy atom. The third-order valence-corrected chi connectivity index (χ3v) is 2.87. The molecule has 0 unspecified atom stereocenters. The highest BCUT2D eigenvalue weighted by atomic mass is 35.5. The van der Waals surface area contributed by atoms with Crippen LogP contribution in [0, 0.1) is 0 Å². The molecule has 0 atom stereocenters. The molecule has 0 spiro atoms. The molecule has 0 aliphatic carbocycles. The van der Waals surface area contributed by atoms with E-state index in [0.717, 1.165) is 11.1 Å². The van der Waals surface area contributed by atoms with Gasteiger partial charge in [0, 0.05) is 23.8 Å². The van der Waals surface area contributed by atoms with E-state index in [1.165, 1.54) is 0 Å². The van der Waals surface area contributed by atoms with Gasteiger partial charge >= 0.3 is 0 Å². The van der Waals surface area contributed by atoms with E-state index in [2.05, 4.69) is 15.3 Å². The number of halogens is 1. The average Bonchev–Trinajstić information content (AvgIpc) is 2.40. The number of rotatable bonds is 3. The largest absolute Gasteiger partial charge is 0.383 e. The van der Waals surface area contributed by atoms with Crippen LogP contribution in [0.15, 0.2) is 30.5 Å². The number of carbonyl (C=O) groups excluding carboxylic acids is 1. The highest BCUT2D eigenvalue weighted by molar-refractivity contribution is 6.30. The Bertz CT molecular complexity index is 598. The lowest BCUT2D eigenvalue weighted by Crippen LogP contribution is -2.21. The van der Waals surface area contributed by atoms with E-state index in [0.29, 0.717) is 16.7 Å². The van der Waals surface area contributed by atoms with Gasteiger partial charge in [0.2, 0.25) is 5.91 Å². The SMILES string of the molecule is CNC(=O)Cc1ncc(-c2ccc(Cl)cc2)c(N)n1. The van der Waals surface area contributed by atoms with Crippen molar-refractivity contribution in [3.8, 4) is 11.1 Å². The number of nitrogens with zero attached hydrogens (tertiary/aromatic N) is 2. The first-order chi connectivity index (χ1) is 9.10. The molecule has 1 heterocycles. The van der Waals surface area contributed by atoms with Gasteiger partial charge in [-0.1, -0.05) is 23.7 Å². The molecule has 0 radical (unpaired) electrons. The molecule has 1 aromatic carbocycles. The number of carbonyl (C=O) groups is 1. The van der Waals surface area contributed by atoms with Gasteiger partial charge in [0.15, 0.2) is 0 Å². The lowest BCUT2D eigenvalue weighted by atomic mass is 10.1. The first kappa shape index (κ1) is 13.3. The van der Waals surface area contributed by atoms with Crippen LogP contribution in [0.4, 0.5) is 5.82 Å². The van der Waals surface area contributed by atoms with Gasteiger partial charge in [-0.2, -0.15) is 0 Å². The smallest absolute Gasteiger partial charge is 0.227 e. The molecule has 5 nitrogen and oxygen atoms in total. The summed E-state index contributed by atoms with van der Waals surface area (Å²) in [6.45, 7) is 0. The van der Waals surface area contributed by atoms with Crippen molar-refractivity contribution in [2.45, 2.75) is 6.42 Å². The lowest BCUT2D eigenvalue weighted by molar-refractivity contribution is -0.120. The molecule has 0 aliphatic rings. The molecule has 0 bridgehead atoms. The summed E-state index contributed by atoms with van der Waals surface area (Å²) in [7, 11) is 1.56. The van der Waals surface area contributed by atoms with Crippen LogP contribution >= 0.6 is 11.6 Å². The highest BCUT2D eigenvalue weighted by Gasteiger charge is 2.09. The number of anilines is 1. The van der Waals surface area contributed by atoms with Crippen LogP contribution in [0.25, 0.3) is 11.1 Å². The molecule has 1 aromatic heterocycles. The van der Waals surface area contributed by atoms with E-state index in [4.69, 9.17) is 17.3 Å². The quantitative estimate of drug-likeness (QED) is 0.893. The van der Waals surface area contributed by atoms with Crippen LogP contribution in [-0.4, -0.2) is 22.9 Å². The topological polar surface area (TPSA) is 80.9 Å². The Morgan fingerprint density at radius 1 is 1.37 bits per heavy atom. The summed E-state index contributed by atoms with van der Waals surface area (Å²) in [5, 5.41) is 3.16. The molecule has 0 fully saturated rings. The highest BCUT2D eigenvalue weighted by Crippen LogP contribution is 2.24. The molecule has 19 heavy (non-hydrogen) atoms. The van der Waals surface area contributed by atoms with Gasteiger partial charge in [-0.25, -0.2) is 9.97 Å². The Hall–Kier alpha value is -2.14. The Labute approximate surface area is 115 Å². The van der Waals surface area contributed by atoms with Crippen LogP contribution in [0.3, 0.4) is 0 Å². The normalized spacial score (nSPS) is 10.2. The summed E-state index contributed by atoms with van der Waals surface area (Å²) < 4.78 is 0. The van der Waals surface area contributed by atoms with Crippen LogP contribution in [0.2, 0.25) is 5.02 Å². The molecule has 0 saturated carbocycles. The summed E-state index contributed by atoms with van der Waals surface area (Å²) in [6.07, 6.45) is 1.73. The predicted molar refractivity (Wildman–Crippen MR) is 74.7 cm³/mol. The van der Waals surface area contributed by atoms with Gasteiger partial charge in [0.25, 0.3) is 0 Å². The van der Waals surface area contributed by atoms with Crippen LogP contribution in [0.1, 0.15) is 5.82 Å². The molecule has 98 valence electrons. The predicted octanol–water partition coefficient (Wildman–Crippen LogP) is 1.67. The molecule has 2 rings (SSSR count). The minimum Gasteiger partial charge on any atom is -0.383 e. The van der Waals surface area contributed by atoms with E-state index in [1.807, 2.05) is 12.1 Å². The van der Waals surface area contributed by atoms with E-state index in [9.17, 15) is 4.79 Å². The number of hydrogen-bond acceptors (Lipinski definition) is 4. The van der Waals surface area contributed by atoms with Crippen LogP contribution < -0.4 is 11.1 Å². The number of nitrogens with one attached hydrogen (secondary N) is 1. The zero-order valence-electron chi connectivity index (χ0n) is 10.4. The molecule has 1 amide bonds. The number of benzene rings is 1. The van der Waals surface area contributed by atoms with Gasteiger partial charge in [-0.3, -0.25) is 4.79 Å². The monoisotopic (exact) mass is 276 g/mol. The van der Waals surface area contributed by atoms with Gasteiger partial charge in [0.1, 0.15) is 11.6 Å². The zero-order chi connectivity index (χ0) is 13.8. The van der Waals surface area contributed by atoms with E-state index in [1.54, 1.807) is 25.4 Å². The van der Waals surface area contributed by atoms with Crippen LogP contribution in [0.5, 0.6) is 0 Å². The van der Waals surface area contributed by atoms with Crippen molar-refractivity contribution in [1.29, 1.82) is 0 Å². The Morgan fingerprint density at radius 3 is 2.63 bits per heavy atom. The minimum absolute atomic E-state index is 0.113. The second-order valence-corrected chi connectivity index (χ2v) is 4.38. The maximum absolute atomic E-state index is 11.2. The second kappa shape index (κ2) is 5.67. The Kier molecular flexibility index (Phi) is 3.97. The third kappa shape index (κ3) is 3.20. The average molecular weight is 277 g/mol. The molecule has 3 N–H and O–H groups in total. The van der Waals surface area contributed by atoms with Crippen molar-refractivity contribution in [2.75, 3.05) is 12.8 Å². The lowest BCUT2D eigenvalue weighted by Gasteiger charge is -2.06. The fraction of sp³-hybridized carbons (Fsp3) is 0.154. The molecular weight excluding hydrogens is 264 g/mol. The van der Waals surface area contributed by atoms with Crippen LogP contribution in [-0.2, 0) is 11.2 Å². The van der Waals surface area contributed by atoms with Crippen molar-refractivity contribution in [3.63, 3.8) is 0 Å². The van der Waals surface area contributed by atoms with Crippen molar-refractivity contribution in [3.05, 3.63) is 41.3 Å². The third-order valence-electron chi connectivity index (χ3n) is 2.62. The number of amides is 1. The molecule has 6 heteroatoms. The molecule has 0 saturated heterocycles. The second-order valence-electron chi connectivity index (χ2n) is 3.94. The molecule has 0 aliphatic heterocycles. The molecule has 2 aromatic rings. The van der Waals surface area contributed by atoms with Crippen molar-refractivity contribution in [1.82, 2.24) is 15.3 Å². The van der Waals surface area contributed by atoms with Crippen molar-refractivity contribution in [2.24, 2.45) is 0 Å². The van der Waals surface area contributed by atoms with Gasteiger partial charge in [-0.05, 0) is 17.7 Å². The van der Waals surface area contributed by atoms with Gasteiger partial charge in [0.05, 0.1) is 6.42 Å². The summed E-state index contributed by atoms with van der Waals surface area (Å²) >= 11 is 5.83. The first-order valence-corrected chi connectivity index (χ1v) is 6.06. The van der Waals surface area contributed by atoms with Crippen molar-refractivity contribution >= 4 is 23.3 Å². The fourth-order valence-electron chi connectivity index (χ4n) is 1.60. The van der Waals surface area contributed by atoms with E-state index < -0.39 is 0 Å². The van der Waals surface area contributed by atoms with Crippen molar-refractivity contribution < 1.29 is 4.79 Å². The summed E-state index contributed by atoms with van der Waals surface area (Å²) in [6, 6.07) is 7.23. The number of aromatic nitrogens is 2. The Balaban J connectivity index is 2.29. The zero-order valence-corrected chi connectivity index (χ0v) is 11.1. The summed E-state index contributed by atoms with van der Waals surface area (Å²) in [4.78, 5) is 19.5. The standard InChI is InChI=1S/C13H13ClN4O/c1-16-12(19)6-11-17-7-10(13(15)18-11)8-2-4-9(14)5-3-8/h2-5,7H,6H2,1H3,(H,16,19)(H2,15,17,18). The number of nitrogens with two attached hydrogens (primary N) is 1. The maximum atomic E-state index is 11.2.